The molecule has 0 aliphatic heterocycles. The average Bonchev–Trinajstić information content (AvgIpc) is 3.40. The maximum atomic E-state index is 4.56. The van der Waals surface area contributed by atoms with Crippen LogP contribution in [0.4, 0.5) is 0 Å². The molecule has 0 radical (unpaired) electrons. The highest BCUT2D eigenvalue weighted by Crippen LogP contribution is 2.44. The van der Waals surface area contributed by atoms with Gasteiger partial charge in [0.1, 0.15) is 4.83 Å². The van der Waals surface area contributed by atoms with Crippen molar-refractivity contribution >= 4 is 59.5 Å². The lowest BCUT2D eigenvalue weighted by Gasteiger charge is -2.00. The molecule has 0 atom stereocenters. The number of thiophene rings is 1. The average molecular weight is 374 g/mol. The van der Waals surface area contributed by atoms with Crippen molar-refractivity contribution in [3.05, 3.63) is 85.1 Å². The lowest BCUT2D eigenvalue weighted by molar-refractivity contribution is 1.34. The second-order valence-corrected chi connectivity index (χ2v) is 8.33. The molecule has 0 amide bonds. The van der Waals surface area contributed by atoms with Crippen molar-refractivity contribution in [1.82, 2.24) is 9.38 Å². The lowest BCUT2D eigenvalue weighted by atomic mass is 10.0. The van der Waals surface area contributed by atoms with Crippen LogP contribution in [0, 0.1) is 0 Å². The number of benzene rings is 3. The summed E-state index contributed by atoms with van der Waals surface area (Å²) in [5, 5.41) is 7.88. The zero-order chi connectivity index (χ0) is 18.2. The van der Waals surface area contributed by atoms with Crippen LogP contribution in [0.2, 0.25) is 0 Å². The molecule has 130 valence electrons. The zero-order valence-corrected chi connectivity index (χ0v) is 15.7. The lowest BCUT2D eigenvalue weighted by Crippen LogP contribution is -1.79. The standard InChI is InChI=1S/C25H14N2S/c1-2-7-16-13-22-19(12-15(16)6-1)17-8-5-9-18-20-14-23(21-10-3-4-11-26-21)28-25(20)27(22)24(17)18/h1-14H. The molecule has 0 unspecified atom stereocenters. The summed E-state index contributed by atoms with van der Waals surface area (Å²) >= 11 is 1.83. The minimum absolute atomic E-state index is 1.04. The van der Waals surface area contributed by atoms with Crippen molar-refractivity contribution < 1.29 is 0 Å². The van der Waals surface area contributed by atoms with Gasteiger partial charge in [-0.3, -0.25) is 9.38 Å². The van der Waals surface area contributed by atoms with Crippen LogP contribution in [-0.2, 0) is 0 Å². The summed E-state index contributed by atoms with van der Waals surface area (Å²) in [5.74, 6) is 0. The van der Waals surface area contributed by atoms with E-state index in [0.29, 0.717) is 0 Å². The molecule has 4 aromatic heterocycles. The Hall–Kier alpha value is -3.43. The summed E-state index contributed by atoms with van der Waals surface area (Å²) in [6, 6.07) is 28.4. The van der Waals surface area contributed by atoms with Gasteiger partial charge in [-0.15, -0.1) is 11.3 Å². The largest absolute Gasteiger partial charge is 0.299 e. The number of hydrogen-bond acceptors (Lipinski definition) is 2. The van der Waals surface area contributed by atoms with Crippen molar-refractivity contribution in [3.8, 4) is 10.6 Å². The molecule has 0 aliphatic rings. The normalized spacial score (nSPS) is 12.3. The van der Waals surface area contributed by atoms with Crippen molar-refractivity contribution in [2.24, 2.45) is 0 Å². The van der Waals surface area contributed by atoms with Gasteiger partial charge >= 0.3 is 0 Å². The number of rotatable bonds is 1. The van der Waals surface area contributed by atoms with Crippen LogP contribution in [-0.4, -0.2) is 9.38 Å². The molecule has 4 heterocycles. The molecule has 0 N–H and O–H groups in total. The number of hydrogen-bond donors (Lipinski definition) is 0. The Morgan fingerprint density at radius 3 is 2.29 bits per heavy atom. The number of para-hydroxylation sites is 1. The van der Waals surface area contributed by atoms with E-state index in [9.17, 15) is 0 Å². The van der Waals surface area contributed by atoms with E-state index < -0.39 is 0 Å². The van der Waals surface area contributed by atoms with Gasteiger partial charge in [0.05, 0.1) is 21.6 Å². The fourth-order valence-electron chi connectivity index (χ4n) is 4.55. The molecule has 7 rings (SSSR count). The van der Waals surface area contributed by atoms with E-state index >= 15 is 0 Å². The fourth-order valence-corrected chi connectivity index (χ4v) is 5.72. The van der Waals surface area contributed by atoms with Gasteiger partial charge in [-0.1, -0.05) is 48.5 Å². The molecule has 28 heavy (non-hydrogen) atoms. The van der Waals surface area contributed by atoms with Gasteiger partial charge in [-0.05, 0) is 41.1 Å². The highest BCUT2D eigenvalue weighted by atomic mass is 32.1. The Kier molecular flexibility index (Phi) is 2.65. The van der Waals surface area contributed by atoms with Crippen LogP contribution < -0.4 is 0 Å². The van der Waals surface area contributed by atoms with Gasteiger partial charge in [-0.2, -0.15) is 0 Å². The summed E-state index contributed by atoms with van der Waals surface area (Å²) in [5.41, 5.74) is 3.66. The van der Waals surface area contributed by atoms with E-state index in [2.05, 4.69) is 82.2 Å². The Balaban J connectivity index is 1.70. The molecule has 3 aromatic carbocycles. The molecular formula is C25H14N2S. The number of nitrogens with zero attached hydrogens (tertiary/aromatic N) is 2. The van der Waals surface area contributed by atoms with E-state index in [1.54, 1.807) is 0 Å². The molecule has 0 bridgehead atoms. The van der Waals surface area contributed by atoms with E-state index in [0.717, 1.165) is 5.69 Å². The van der Waals surface area contributed by atoms with Gasteiger partial charge in [-0.25, -0.2) is 0 Å². The van der Waals surface area contributed by atoms with Gasteiger partial charge < -0.3 is 0 Å². The third-order valence-electron chi connectivity index (χ3n) is 5.78. The summed E-state index contributed by atoms with van der Waals surface area (Å²) in [6.07, 6.45) is 1.86. The van der Waals surface area contributed by atoms with Crippen LogP contribution in [0.3, 0.4) is 0 Å². The van der Waals surface area contributed by atoms with Gasteiger partial charge in [0.15, 0.2) is 0 Å². The van der Waals surface area contributed by atoms with Gasteiger partial charge in [0.2, 0.25) is 0 Å². The Labute approximate surface area is 164 Å². The SMILES string of the molecule is c1ccc(-c2cc3c4cccc5c6cc7ccccc7cc6n(c3s2)c54)nc1. The maximum Gasteiger partial charge on any atom is 0.109 e. The van der Waals surface area contributed by atoms with Crippen LogP contribution in [0.5, 0.6) is 0 Å². The minimum Gasteiger partial charge on any atom is -0.299 e. The quantitative estimate of drug-likeness (QED) is 0.299. The first kappa shape index (κ1) is 14.6. The van der Waals surface area contributed by atoms with Crippen LogP contribution in [0.15, 0.2) is 85.1 Å². The molecule has 0 aliphatic carbocycles. The van der Waals surface area contributed by atoms with Gasteiger partial charge in [0.25, 0.3) is 0 Å². The Morgan fingerprint density at radius 1 is 0.679 bits per heavy atom. The molecule has 0 saturated heterocycles. The smallest absolute Gasteiger partial charge is 0.109 e. The first-order valence-electron chi connectivity index (χ1n) is 9.40. The monoisotopic (exact) mass is 374 g/mol. The zero-order valence-electron chi connectivity index (χ0n) is 14.9. The molecule has 7 aromatic rings. The predicted octanol–water partition coefficient (Wildman–Crippen LogP) is 7.11. The molecule has 2 nitrogen and oxygen atoms in total. The number of fused-ring (bicyclic) bond motifs is 7. The van der Waals surface area contributed by atoms with Crippen molar-refractivity contribution in [3.63, 3.8) is 0 Å². The number of pyridine rings is 1. The Bertz CT molecular complexity index is 1650. The second-order valence-electron chi connectivity index (χ2n) is 7.30. The molecule has 0 spiro atoms. The number of aromatic nitrogens is 2. The third kappa shape index (κ3) is 1.75. The van der Waals surface area contributed by atoms with Crippen molar-refractivity contribution in [1.29, 1.82) is 0 Å². The van der Waals surface area contributed by atoms with E-state index in [1.165, 1.54) is 53.1 Å². The van der Waals surface area contributed by atoms with E-state index in [4.69, 9.17) is 0 Å². The van der Waals surface area contributed by atoms with Crippen LogP contribution >= 0.6 is 11.3 Å². The highest BCUT2D eigenvalue weighted by molar-refractivity contribution is 7.22. The highest BCUT2D eigenvalue weighted by Gasteiger charge is 2.20. The molecule has 3 heteroatoms. The molecular weight excluding hydrogens is 360 g/mol. The van der Waals surface area contributed by atoms with Crippen LogP contribution in [0.1, 0.15) is 0 Å². The first-order valence-corrected chi connectivity index (χ1v) is 10.2. The minimum atomic E-state index is 1.04. The maximum absolute atomic E-state index is 4.56. The third-order valence-corrected chi connectivity index (χ3v) is 6.92. The summed E-state index contributed by atoms with van der Waals surface area (Å²) in [4.78, 5) is 7.08. The predicted molar refractivity (Wildman–Crippen MR) is 120 cm³/mol. The summed E-state index contributed by atoms with van der Waals surface area (Å²) in [6.45, 7) is 0. The topological polar surface area (TPSA) is 17.3 Å². The Morgan fingerprint density at radius 2 is 1.46 bits per heavy atom. The molecule has 0 saturated carbocycles. The summed E-state index contributed by atoms with van der Waals surface area (Å²) in [7, 11) is 0. The second kappa shape index (κ2) is 5.09. The van der Waals surface area contributed by atoms with Crippen LogP contribution in [0.25, 0.3) is 58.8 Å². The first-order chi connectivity index (χ1) is 13.9. The molecule has 0 fully saturated rings. The van der Waals surface area contributed by atoms with E-state index in [-0.39, 0.29) is 0 Å². The fraction of sp³-hybridized carbons (Fsp3) is 0. The van der Waals surface area contributed by atoms with Crippen molar-refractivity contribution in [2.45, 2.75) is 0 Å². The summed E-state index contributed by atoms with van der Waals surface area (Å²) < 4.78 is 2.46. The van der Waals surface area contributed by atoms with Gasteiger partial charge in [0, 0.05) is 27.7 Å². The van der Waals surface area contributed by atoms with Crippen molar-refractivity contribution in [2.75, 3.05) is 0 Å². The van der Waals surface area contributed by atoms with E-state index in [1.807, 2.05) is 23.6 Å².